The molecule has 0 bridgehead atoms. The highest BCUT2D eigenvalue weighted by Crippen LogP contribution is 2.12. The summed E-state index contributed by atoms with van der Waals surface area (Å²) in [4.78, 5) is 4.61. The highest BCUT2D eigenvalue weighted by Gasteiger charge is 2.15. The summed E-state index contributed by atoms with van der Waals surface area (Å²) in [5, 5.41) is 6.69. The second-order valence-electron chi connectivity index (χ2n) is 6.78. The van der Waals surface area contributed by atoms with E-state index < -0.39 is 0 Å². The van der Waals surface area contributed by atoms with Crippen LogP contribution in [0.1, 0.15) is 53.4 Å². The molecule has 25 heavy (non-hydrogen) atoms. The van der Waals surface area contributed by atoms with E-state index in [2.05, 4.69) is 43.3 Å². The maximum Gasteiger partial charge on any atom is 0.191 e. The van der Waals surface area contributed by atoms with Crippen molar-refractivity contribution in [1.29, 1.82) is 0 Å². The van der Waals surface area contributed by atoms with Gasteiger partial charge in [0.15, 0.2) is 5.96 Å². The third-order valence-corrected chi connectivity index (χ3v) is 4.23. The molecule has 6 heteroatoms. The average molecular weight is 358 g/mol. The molecular weight excluding hydrogens is 318 g/mol. The molecule has 1 saturated heterocycles. The van der Waals surface area contributed by atoms with Crippen molar-refractivity contribution in [3.8, 4) is 0 Å². The number of nitrogens with zero attached hydrogens (tertiary/aromatic N) is 1. The van der Waals surface area contributed by atoms with Crippen molar-refractivity contribution in [2.24, 2.45) is 10.9 Å². The molecule has 1 aliphatic heterocycles. The summed E-state index contributed by atoms with van der Waals surface area (Å²) in [5.74, 6) is 1.41. The molecule has 1 fully saturated rings. The van der Waals surface area contributed by atoms with Gasteiger partial charge in [-0.05, 0) is 45.4 Å². The van der Waals surface area contributed by atoms with Gasteiger partial charge in [-0.15, -0.1) is 0 Å². The molecule has 6 nitrogen and oxygen atoms in total. The van der Waals surface area contributed by atoms with Gasteiger partial charge in [-0.2, -0.15) is 0 Å². The van der Waals surface area contributed by atoms with Crippen molar-refractivity contribution < 1.29 is 14.2 Å². The van der Waals surface area contributed by atoms with Gasteiger partial charge in [-0.3, -0.25) is 4.99 Å². The molecule has 0 spiro atoms. The minimum Gasteiger partial charge on any atom is -0.379 e. The van der Waals surface area contributed by atoms with Gasteiger partial charge < -0.3 is 24.8 Å². The Morgan fingerprint density at radius 1 is 1.28 bits per heavy atom. The summed E-state index contributed by atoms with van der Waals surface area (Å²) in [6.45, 7) is 14.1. The Kier molecular flexibility index (Phi) is 12.7. The lowest BCUT2D eigenvalue weighted by molar-refractivity contribution is 0.0170. The molecule has 2 N–H and O–H groups in total. The normalized spacial score (nSPS) is 19.4. The van der Waals surface area contributed by atoms with E-state index in [0.717, 1.165) is 77.7 Å². The zero-order chi connectivity index (χ0) is 18.3. The van der Waals surface area contributed by atoms with Crippen LogP contribution in [0.15, 0.2) is 4.99 Å². The molecule has 2 atom stereocenters. The van der Waals surface area contributed by atoms with Crippen molar-refractivity contribution in [2.45, 2.75) is 65.6 Å². The van der Waals surface area contributed by atoms with E-state index in [1.54, 1.807) is 0 Å². The zero-order valence-electron chi connectivity index (χ0n) is 16.7. The second-order valence-corrected chi connectivity index (χ2v) is 6.78. The predicted molar refractivity (Wildman–Crippen MR) is 103 cm³/mol. The minimum absolute atomic E-state index is 0.298. The molecular formula is C19H39N3O3. The standard InChI is InChI=1S/C19H39N3O3/c1-5-20-19(22-12-10-18(16(3)4)24-6-2)21-11-8-13-23-15-17-9-7-14-25-17/h16-18H,5-15H2,1-4H3,(H2,20,21,22). The Bertz CT molecular complexity index is 345. The molecule has 1 heterocycles. The Balaban J connectivity index is 2.16. The quantitative estimate of drug-likeness (QED) is 0.301. The highest BCUT2D eigenvalue weighted by molar-refractivity contribution is 5.79. The van der Waals surface area contributed by atoms with Gasteiger partial charge in [-0.1, -0.05) is 13.8 Å². The van der Waals surface area contributed by atoms with E-state index in [1.165, 1.54) is 0 Å². The molecule has 2 unspecified atom stereocenters. The number of aliphatic imine (C=N–C) groups is 1. The fourth-order valence-electron chi connectivity index (χ4n) is 2.85. The van der Waals surface area contributed by atoms with Crippen LogP contribution in [0.25, 0.3) is 0 Å². The van der Waals surface area contributed by atoms with E-state index in [-0.39, 0.29) is 0 Å². The van der Waals surface area contributed by atoms with Crippen LogP contribution in [-0.2, 0) is 14.2 Å². The number of hydrogen-bond donors (Lipinski definition) is 2. The van der Waals surface area contributed by atoms with Gasteiger partial charge in [0.25, 0.3) is 0 Å². The van der Waals surface area contributed by atoms with Crippen molar-refractivity contribution in [3.63, 3.8) is 0 Å². The van der Waals surface area contributed by atoms with Crippen LogP contribution >= 0.6 is 0 Å². The zero-order valence-corrected chi connectivity index (χ0v) is 16.7. The van der Waals surface area contributed by atoms with Crippen molar-refractivity contribution in [3.05, 3.63) is 0 Å². The lowest BCUT2D eigenvalue weighted by Crippen LogP contribution is -2.39. The van der Waals surface area contributed by atoms with E-state index in [4.69, 9.17) is 14.2 Å². The SMILES string of the molecule is CCNC(=NCCCOCC1CCCO1)NCCC(OCC)C(C)C. The molecule has 0 saturated carbocycles. The molecule has 148 valence electrons. The second kappa shape index (κ2) is 14.3. The van der Waals surface area contributed by atoms with Crippen LogP contribution in [0.3, 0.4) is 0 Å². The smallest absolute Gasteiger partial charge is 0.191 e. The third-order valence-electron chi connectivity index (χ3n) is 4.23. The predicted octanol–water partition coefficient (Wildman–Crippen LogP) is 2.58. The maximum atomic E-state index is 5.79. The van der Waals surface area contributed by atoms with Crippen molar-refractivity contribution in [2.75, 3.05) is 46.1 Å². The molecule has 0 aliphatic carbocycles. The van der Waals surface area contributed by atoms with E-state index in [1.807, 2.05) is 0 Å². The fourth-order valence-corrected chi connectivity index (χ4v) is 2.85. The summed E-state index contributed by atoms with van der Waals surface area (Å²) in [6.07, 6.45) is 4.81. The minimum atomic E-state index is 0.298. The van der Waals surface area contributed by atoms with Crippen molar-refractivity contribution in [1.82, 2.24) is 10.6 Å². The van der Waals surface area contributed by atoms with E-state index in [9.17, 15) is 0 Å². The molecule has 0 aromatic carbocycles. The molecule has 0 radical (unpaired) electrons. The number of ether oxygens (including phenoxy) is 3. The van der Waals surface area contributed by atoms with Gasteiger partial charge >= 0.3 is 0 Å². The van der Waals surface area contributed by atoms with Crippen LogP contribution in [0.2, 0.25) is 0 Å². The monoisotopic (exact) mass is 357 g/mol. The topological polar surface area (TPSA) is 64.1 Å². The Labute approximate surface area is 154 Å². The van der Waals surface area contributed by atoms with Crippen LogP contribution < -0.4 is 10.6 Å². The van der Waals surface area contributed by atoms with Crippen LogP contribution in [-0.4, -0.2) is 64.2 Å². The molecule has 1 rings (SSSR count). The van der Waals surface area contributed by atoms with Gasteiger partial charge in [0.05, 0.1) is 18.8 Å². The third kappa shape index (κ3) is 10.7. The van der Waals surface area contributed by atoms with Gasteiger partial charge in [-0.25, -0.2) is 0 Å². The summed E-state index contributed by atoms with van der Waals surface area (Å²) in [5.41, 5.74) is 0. The molecule has 0 amide bonds. The lowest BCUT2D eigenvalue weighted by atomic mass is 10.0. The summed E-state index contributed by atoms with van der Waals surface area (Å²) < 4.78 is 17.0. The van der Waals surface area contributed by atoms with Crippen molar-refractivity contribution >= 4 is 5.96 Å². The summed E-state index contributed by atoms with van der Waals surface area (Å²) >= 11 is 0. The van der Waals surface area contributed by atoms with Crippen LogP contribution in [0.4, 0.5) is 0 Å². The van der Waals surface area contributed by atoms with E-state index in [0.29, 0.717) is 18.1 Å². The largest absolute Gasteiger partial charge is 0.379 e. The first kappa shape index (κ1) is 22.2. The number of rotatable bonds is 13. The number of nitrogens with one attached hydrogen (secondary N) is 2. The molecule has 0 aromatic heterocycles. The van der Waals surface area contributed by atoms with Crippen LogP contribution in [0, 0.1) is 5.92 Å². The van der Waals surface area contributed by atoms with Crippen LogP contribution in [0.5, 0.6) is 0 Å². The number of hydrogen-bond acceptors (Lipinski definition) is 4. The average Bonchev–Trinajstić information content (AvgIpc) is 3.10. The fraction of sp³-hybridized carbons (Fsp3) is 0.947. The first-order chi connectivity index (χ1) is 12.2. The maximum absolute atomic E-state index is 5.79. The Hall–Kier alpha value is -0.850. The molecule has 0 aromatic rings. The highest BCUT2D eigenvalue weighted by atomic mass is 16.5. The number of guanidine groups is 1. The lowest BCUT2D eigenvalue weighted by Gasteiger charge is -2.21. The summed E-state index contributed by atoms with van der Waals surface area (Å²) in [7, 11) is 0. The summed E-state index contributed by atoms with van der Waals surface area (Å²) in [6, 6.07) is 0. The Morgan fingerprint density at radius 2 is 2.12 bits per heavy atom. The molecule has 1 aliphatic rings. The van der Waals surface area contributed by atoms with E-state index >= 15 is 0 Å². The first-order valence-electron chi connectivity index (χ1n) is 10.0. The Morgan fingerprint density at radius 3 is 2.76 bits per heavy atom. The first-order valence-corrected chi connectivity index (χ1v) is 10.0. The van der Waals surface area contributed by atoms with Gasteiger partial charge in [0.1, 0.15) is 0 Å². The van der Waals surface area contributed by atoms with Gasteiger partial charge in [0.2, 0.25) is 0 Å². The van der Waals surface area contributed by atoms with Gasteiger partial charge in [0, 0.05) is 39.5 Å².